The molecular weight excluding hydrogens is 304 g/mol. The molecule has 0 saturated carbocycles. The molecular formula is C14H14F4N2S. The molecule has 114 valence electrons. The SMILES string of the molecule is CCCc1nc(N)sc1Cc1cc(C(F)(F)F)ccc1F. The first-order chi connectivity index (χ1) is 9.81. The van der Waals surface area contributed by atoms with Crippen molar-refractivity contribution in [3.63, 3.8) is 0 Å². The van der Waals surface area contributed by atoms with Gasteiger partial charge in [-0.1, -0.05) is 13.3 Å². The molecule has 2 nitrogen and oxygen atoms in total. The fourth-order valence-electron chi connectivity index (χ4n) is 2.03. The fourth-order valence-corrected chi connectivity index (χ4v) is 2.93. The first kappa shape index (κ1) is 15.8. The van der Waals surface area contributed by atoms with E-state index in [9.17, 15) is 17.6 Å². The number of nitrogen functional groups attached to an aromatic ring is 1. The number of aryl methyl sites for hydroxylation is 1. The molecule has 0 aliphatic carbocycles. The number of halogens is 4. The van der Waals surface area contributed by atoms with Gasteiger partial charge in [0.1, 0.15) is 5.82 Å². The van der Waals surface area contributed by atoms with E-state index in [2.05, 4.69) is 4.98 Å². The third kappa shape index (κ3) is 3.72. The number of hydrogen-bond acceptors (Lipinski definition) is 3. The number of benzene rings is 1. The van der Waals surface area contributed by atoms with Crippen LogP contribution >= 0.6 is 11.3 Å². The van der Waals surface area contributed by atoms with Crippen molar-refractivity contribution < 1.29 is 17.6 Å². The predicted octanol–water partition coefficient (Wildman–Crippen LogP) is 4.43. The minimum absolute atomic E-state index is 0.00540. The van der Waals surface area contributed by atoms with Gasteiger partial charge in [0.2, 0.25) is 0 Å². The average molecular weight is 318 g/mol. The van der Waals surface area contributed by atoms with Gasteiger partial charge in [-0.15, -0.1) is 11.3 Å². The summed E-state index contributed by atoms with van der Waals surface area (Å²) in [6, 6.07) is 2.44. The molecule has 0 aliphatic rings. The number of nitrogens with zero attached hydrogens (tertiary/aromatic N) is 1. The third-order valence-corrected chi connectivity index (χ3v) is 3.93. The standard InChI is InChI=1S/C14H14F4N2S/c1-2-3-11-12(21-13(19)20-11)7-8-6-9(14(16,17)18)4-5-10(8)15/h4-6H,2-3,7H2,1H3,(H2,19,20). The molecule has 0 radical (unpaired) electrons. The number of nitrogens with two attached hydrogens (primary N) is 1. The zero-order chi connectivity index (χ0) is 15.6. The van der Waals surface area contributed by atoms with E-state index < -0.39 is 17.6 Å². The molecule has 21 heavy (non-hydrogen) atoms. The van der Waals surface area contributed by atoms with Crippen LogP contribution in [0.4, 0.5) is 22.7 Å². The van der Waals surface area contributed by atoms with E-state index in [1.165, 1.54) is 11.3 Å². The lowest BCUT2D eigenvalue weighted by Crippen LogP contribution is -2.06. The van der Waals surface area contributed by atoms with Gasteiger partial charge in [0.05, 0.1) is 11.3 Å². The first-order valence-corrected chi connectivity index (χ1v) is 7.22. The van der Waals surface area contributed by atoms with E-state index in [0.717, 1.165) is 30.3 Å². The van der Waals surface area contributed by atoms with Crippen LogP contribution in [0.5, 0.6) is 0 Å². The molecule has 1 heterocycles. The Bertz CT molecular complexity index is 634. The highest BCUT2D eigenvalue weighted by Gasteiger charge is 2.31. The second-order valence-electron chi connectivity index (χ2n) is 4.65. The predicted molar refractivity (Wildman–Crippen MR) is 74.7 cm³/mol. The van der Waals surface area contributed by atoms with E-state index in [-0.39, 0.29) is 12.0 Å². The number of aromatic nitrogens is 1. The van der Waals surface area contributed by atoms with Crippen LogP contribution < -0.4 is 5.73 Å². The summed E-state index contributed by atoms with van der Waals surface area (Å²) in [6.45, 7) is 1.96. The first-order valence-electron chi connectivity index (χ1n) is 6.41. The summed E-state index contributed by atoms with van der Waals surface area (Å²) >= 11 is 1.19. The Hall–Kier alpha value is -1.63. The van der Waals surface area contributed by atoms with Crippen LogP contribution in [0.1, 0.15) is 35.0 Å². The second-order valence-corrected chi connectivity index (χ2v) is 5.77. The van der Waals surface area contributed by atoms with Crippen molar-refractivity contribution in [1.29, 1.82) is 0 Å². The normalized spacial score (nSPS) is 11.9. The molecule has 2 N–H and O–H groups in total. The molecule has 0 atom stereocenters. The lowest BCUT2D eigenvalue weighted by molar-refractivity contribution is -0.137. The quantitative estimate of drug-likeness (QED) is 0.847. The summed E-state index contributed by atoms with van der Waals surface area (Å²) in [6.07, 6.45) is -2.91. The highest BCUT2D eigenvalue weighted by molar-refractivity contribution is 7.15. The Labute approximate surface area is 123 Å². The molecule has 0 fully saturated rings. The summed E-state index contributed by atoms with van der Waals surface area (Å²) in [5, 5.41) is 0.348. The molecule has 0 saturated heterocycles. The summed E-state index contributed by atoms with van der Waals surface area (Å²) < 4.78 is 51.8. The van der Waals surface area contributed by atoms with Crippen LogP contribution in [0.15, 0.2) is 18.2 Å². The fraction of sp³-hybridized carbons (Fsp3) is 0.357. The minimum atomic E-state index is -4.48. The Kier molecular flexibility index (Phi) is 4.51. The molecule has 1 aromatic carbocycles. The van der Waals surface area contributed by atoms with Gasteiger partial charge in [-0.05, 0) is 30.2 Å². The Morgan fingerprint density at radius 1 is 1.29 bits per heavy atom. The number of thiazole rings is 1. The lowest BCUT2D eigenvalue weighted by Gasteiger charge is -2.09. The van der Waals surface area contributed by atoms with Crippen molar-refractivity contribution in [2.75, 3.05) is 5.73 Å². The van der Waals surface area contributed by atoms with Crippen LogP contribution in [-0.2, 0) is 19.0 Å². The van der Waals surface area contributed by atoms with Crippen molar-refractivity contribution in [3.05, 3.63) is 45.7 Å². The highest BCUT2D eigenvalue weighted by atomic mass is 32.1. The van der Waals surface area contributed by atoms with Crippen molar-refractivity contribution >= 4 is 16.5 Å². The molecule has 0 amide bonds. The molecule has 2 aromatic rings. The smallest absolute Gasteiger partial charge is 0.375 e. The van der Waals surface area contributed by atoms with Gasteiger partial charge < -0.3 is 5.73 Å². The van der Waals surface area contributed by atoms with E-state index in [1.807, 2.05) is 6.92 Å². The van der Waals surface area contributed by atoms with Crippen LogP contribution in [0.3, 0.4) is 0 Å². The molecule has 1 aromatic heterocycles. The van der Waals surface area contributed by atoms with Crippen LogP contribution in [0.2, 0.25) is 0 Å². The highest BCUT2D eigenvalue weighted by Crippen LogP contribution is 2.32. The summed E-state index contributed by atoms with van der Waals surface area (Å²) in [7, 11) is 0. The van der Waals surface area contributed by atoms with Gasteiger partial charge in [0.15, 0.2) is 5.13 Å². The monoisotopic (exact) mass is 318 g/mol. The Balaban J connectivity index is 2.35. The molecule has 0 unspecified atom stereocenters. The molecule has 0 aliphatic heterocycles. The van der Waals surface area contributed by atoms with Crippen LogP contribution in [0, 0.1) is 5.82 Å². The summed E-state index contributed by atoms with van der Waals surface area (Å²) in [5.74, 6) is -0.655. The summed E-state index contributed by atoms with van der Waals surface area (Å²) in [4.78, 5) is 4.86. The van der Waals surface area contributed by atoms with Gasteiger partial charge in [-0.25, -0.2) is 9.37 Å². The van der Waals surface area contributed by atoms with Gasteiger partial charge in [0, 0.05) is 11.3 Å². The van der Waals surface area contributed by atoms with E-state index in [0.29, 0.717) is 16.4 Å². The van der Waals surface area contributed by atoms with Crippen molar-refractivity contribution in [1.82, 2.24) is 4.98 Å². The second kappa shape index (κ2) is 6.01. The summed E-state index contributed by atoms with van der Waals surface area (Å²) in [5.41, 5.74) is 5.52. The topological polar surface area (TPSA) is 38.9 Å². The van der Waals surface area contributed by atoms with E-state index in [4.69, 9.17) is 5.73 Å². The minimum Gasteiger partial charge on any atom is -0.375 e. The van der Waals surface area contributed by atoms with Gasteiger partial charge in [-0.3, -0.25) is 0 Å². The van der Waals surface area contributed by atoms with Crippen LogP contribution in [-0.4, -0.2) is 4.98 Å². The van der Waals surface area contributed by atoms with Gasteiger partial charge in [0.25, 0.3) is 0 Å². The molecule has 0 spiro atoms. The Morgan fingerprint density at radius 2 is 2.00 bits per heavy atom. The third-order valence-electron chi connectivity index (χ3n) is 3.01. The maximum atomic E-state index is 13.8. The van der Waals surface area contributed by atoms with Gasteiger partial charge in [-0.2, -0.15) is 13.2 Å². The number of hydrogen-bond donors (Lipinski definition) is 1. The zero-order valence-corrected chi connectivity index (χ0v) is 12.1. The molecule has 0 bridgehead atoms. The number of alkyl halides is 3. The average Bonchev–Trinajstić information content (AvgIpc) is 2.71. The number of anilines is 1. The van der Waals surface area contributed by atoms with Crippen molar-refractivity contribution in [2.45, 2.75) is 32.4 Å². The Morgan fingerprint density at radius 3 is 2.62 bits per heavy atom. The zero-order valence-electron chi connectivity index (χ0n) is 11.3. The maximum absolute atomic E-state index is 13.8. The van der Waals surface area contributed by atoms with Crippen molar-refractivity contribution in [2.24, 2.45) is 0 Å². The molecule has 7 heteroatoms. The van der Waals surface area contributed by atoms with E-state index in [1.54, 1.807) is 0 Å². The molecule has 2 rings (SSSR count). The van der Waals surface area contributed by atoms with Crippen LogP contribution in [0.25, 0.3) is 0 Å². The maximum Gasteiger partial charge on any atom is 0.416 e. The van der Waals surface area contributed by atoms with E-state index >= 15 is 0 Å². The largest absolute Gasteiger partial charge is 0.416 e. The lowest BCUT2D eigenvalue weighted by atomic mass is 10.0. The van der Waals surface area contributed by atoms with Crippen molar-refractivity contribution in [3.8, 4) is 0 Å². The number of rotatable bonds is 4. The van der Waals surface area contributed by atoms with Gasteiger partial charge >= 0.3 is 6.18 Å².